The maximum absolute atomic E-state index is 2.74. The van der Waals surface area contributed by atoms with Gasteiger partial charge in [0.05, 0.1) is 0 Å². The predicted octanol–water partition coefficient (Wildman–Crippen LogP) is 18.6. The number of rotatable bonds is 46. The summed E-state index contributed by atoms with van der Waals surface area (Å²) in [6, 6.07) is 0. The third-order valence-corrected chi connectivity index (χ3v) is 12.8. The van der Waals surface area contributed by atoms with Crippen molar-refractivity contribution in [2.45, 2.75) is 309 Å². The number of hydrogen-bond donors (Lipinski definition) is 0. The first-order chi connectivity index (χ1) is 26.8. The lowest BCUT2D eigenvalue weighted by molar-refractivity contribution is 0.135. The maximum atomic E-state index is 2.74. The van der Waals surface area contributed by atoms with Gasteiger partial charge in [0, 0.05) is 25.5 Å². The molecule has 0 aromatic heterocycles. The van der Waals surface area contributed by atoms with E-state index < -0.39 is 0 Å². The smallest absolute Gasteiger partial charge is 0.101 e. The zero-order chi connectivity index (χ0) is 38.7. The van der Waals surface area contributed by atoms with Crippen molar-refractivity contribution >= 4 is 0 Å². The molecule has 1 atom stereocenters. The fraction of sp³-hybridized carbons (Fsp3) is 0.962. The minimum Gasteiger partial charge on any atom is -0.356 e. The molecule has 0 radical (unpaired) electrons. The largest absolute Gasteiger partial charge is 0.356 e. The molecule has 0 aromatic carbocycles. The summed E-state index contributed by atoms with van der Waals surface area (Å²) in [7, 11) is 0. The summed E-state index contributed by atoms with van der Waals surface area (Å²) in [5.74, 6) is 0. The van der Waals surface area contributed by atoms with Crippen LogP contribution in [-0.4, -0.2) is 29.1 Å². The van der Waals surface area contributed by atoms with Crippen LogP contribution in [0, 0.1) is 0 Å². The van der Waals surface area contributed by atoms with Crippen LogP contribution in [0.3, 0.4) is 0 Å². The monoisotopic (exact) mass is 757 g/mol. The summed E-state index contributed by atoms with van der Waals surface area (Å²) in [6.45, 7) is 9.50. The van der Waals surface area contributed by atoms with E-state index in [0.29, 0.717) is 6.17 Å². The fourth-order valence-corrected chi connectivity index (χ4v) is 9.02. The Morgan fingerprint density at radius 3 is 0.648 bits per heavy atom. The molecule has 2 heteroatoms. The normalized spacial score (nSPS) is 14.3. The van der Waals surface area contributed by atoms with E-state index in [-0.39, 0.29) is 0 Å². The first-order valence-electron chi connectivity index (χ1n) is 26.0. The average molecular weight is 757 g/mol. The van der Waals surface area contributed by atoms with Gasteiger partial charge in [-0.3, -0.25) is 0 Å². The highest BCUT2D eigenvalue weighted by Gasteiger charge is 2.25. The average Bonchev–Trinajstić information content (AvgIpc) is 3.57. The predicted molar refractivity (Wildman–Crippen MR) is 247 cm³/mol. The molecule has 0 aliphatic carbocycles. The van der Waals surface area contributed by atoms with Crippen molar-refractivity contribution in [1.82, 2.24) is 9.80 Å². The molecule has 1 rings (SSSR count). The molecule has 0 aromatic rings. The van der Waals surface area contributed by atoms with E-state index in [2.05, 4.69) is 43.0 Å². The van der Waals surface area contributed by atoms with E-state index >= 15 is 0 Å². The molecule has 1 aliphatic heterocycles. The molecule has 0 bridgehead atoms. The minimum absolute atomic E-state index is 0.635. The van der Waals surface area contributed by atoms with Gasteiger partial charge < -0.3 is 9.80 Å². The highest BCUT2D eigenvalue weighted by Crippen LogP contribution is 2.24. The molecule has 0 fully saturated rings. The Morgan fingerprint density at radius 2 is 0.426 bits per heavy atom. The molecule has 0 saturated carbocycles. The summed E-state index contributed by atoms with van der Waals surface area (Å²) >= 11 is 0. The number of nitrogens with zero attached hydrogens (tertiary/aromatic N) is 2. The SMILES string of the molecule is CCCCCCCCCCCCCCCCCCN1C=CN(CCCCCCCCCCCCCCC)C1CCCCCCCCCCCCCCCC. The Morgan fingerprint density at radius 1 is 0.241 bits per heavy atom. The Kier molecular flexibility index (Phi) is 41.3. The summed E-state index contributed by atoms with van der Waals surface area (Å²) in [6.07, 6.45) is 69.3. The summed E-state index contributed by atoms with van der Waals surface area (Å²) in [5, 5.41) is 0. The lowest BCUT2D eigenvalue weighted by Crippen LogP contribution is -2.39. The van der Waals surface area contributed by atoms with Gasteiger partial charge in [-0.05, 0) is 25.7 Å². The molecule has 1 heterocycles. The van der Waals surface area contributed by atoms with Crippen LogP contribution < -0.4 is 0 Å². The van der Waals surface area contributed by atoms with Crippen molar-refractivity contribution in [1.29, 1.82) is 0 Å². The van der Waals surface area contributed by atoms with E-state index in [9.17, 15) is 0 Å². The molecule has 0 saturated heterocycles. The summed E-state index contributed by atoms with van der Waals surface area (Å²) in [4.78, 5) is 5.49. The summed E-state index contributed by atoms with van der Waals surface area (Å²) in [5.41, 5.74) is 0. The van der Waals surface area contributed by atoms with Crippen molar-refractivity contribution in [3.05, 3.63) is 12.4 Å². The summed E-state index contributed by atoms with van der Waals surface area (Å²) < 4.78 is 0. The molecular weight excluding hydrogens is 653 g/mol. The topological polar surface area (TPSA) is 6.48 Å². The van der Waals surface area contributed by atoms with E-state index in [1.54, 1.807) is 0 Å². The van der Waals surface area contributed by atoms with Crippen molar-refractivity contribution in [2.75, 3.05) is 13.1 Å². The first-order valence-corrected chi connectivity index (χ1v) is 26.0. The number of unbranched alkanes of at least 4 members (excludes halogenated alkanes) is 40. The van der Waals surface area contributed by atoms with E-state index in [4.69, 9.17) is 0 Å². The second kappa shape index (κ2) is 43.5. The Labute approximate surface area is 343 Å². The Balaban J connectivity index is 2.19. The second-order valence-corrected chi connectivity index (χ2v) is 18.2. The third kappa shape index (κ3) is 34.6. The third-order valence-electron chi connectivity index (χ3n) is 12.8. The van der Waals surface area contributed by atoms with Crippen LogP contribution in [0.2, 0.25) is 0 Å². The van der Waals surface area contributed by atoms with Crippen molar-refractivity contribution in [3.63, 3.8) is 0 Å². The van der Waals surface area contributed by atoms with Gasteiger partial charge in [0.15, 0.2) is 0 Å². The van der Waals surface area contributed by atoms with E-state index in [1.807, 2.05) is 0 Å². The van der Waals surface area contributed by atoms with Crippen molar-refractivity contribution in [3.8, 4) is 0 Å². The van der Waals surface area contributed by atoms with Gasteiger partial charge in [-0.25, -0.2) is 0 Å². The lowest BCUT2D eigenvalue weighted by Gasteiger charge is -2.33. The van der Waals surface area contributed by atoms with Crippen LogP contribution >= 0.6 is 0 Å². The maximum Gasteiger partial charge on any atom is 0.101 e. The standard InChI is InChI=1S/C52H104N2/c1-4-7-10-13-16-19-22-25-27-28-31-34-37-40-43-46-49-54-51-50-53(48-45-42-39-36-33-30-24-21-18-15-12-9-6-3)52(54)47-44-41-38-35-32-29-26-23-20-17-14-11-8-5-2/h50-52H,4-49H2,1-3H3. The van der Waals surface area contributed by atoms with E-state index in [1.165, 1.54) is 296 Å². The minimum atomic E-state index is 0.635. The quantitative estimate of drug-likeness (QED) is 0.0571. The fourth-order valence-electron chi connectivity index (χ4n) is 9.02. The molecule has 54 heavy (non-hydrogen) atoms. The Hall–Kier alpha value is -0.660. The molecule has 2 nitrogen and oxygen atoms in total. The van der Waals surface area contributed by atoms with Gasteiger partial charge in [0.1, 0.15) is 6.17 Å². The van der Waals surface area contributed by atoms with Gasteiger partial charge in [0.25, 0.3) is 0 Å². The molecule has 0 spiro atoms. The van der Waals surface area contributed by atoms with Crippen LogP contribution in [0.25, 0.3) is 0 Å². The highest BCUT2D eigenvalue weighted by molar-refractivity contribution is 4.97. The highest BCUT2D eigenvalue weighted by atomic mass is 15.4. The molecular formula is C52H104N2. The zero-order valence-electron chi connectivity index (χ0n) is 38.2. The van der Waals surface area contributed by atoms with Gasteiger partial charge >= 0.3 is 0 Å². The van der Waals surface area contributed by atoms with Crippen molar-refractivity contribution < 1.29 is 0 Å². The molecule has 1 aliphatic rings. The molecule has 1 unspecified atom stereocenters. The zero-order valence-corrected chi connectivity index (χ0v) is 38.2. The van der Waals surface area contributed by atoms with Gasteiger partial charge in [-0.15, -0.1) is 0 Å². The van der Waals surface area contributed by atoms with Crippen molar-refractivity contribution in [2.24, 2.45) is 0 Å². The van der Waals surface area contributed by atoms with Crippen LogP contribution in [0.1, 0.15) is 303 Å². The van der Waals surface area contributed by atoms with Gasteiger partial charge in [0.2, 0.25) is 0 Å². The molecule has 0 N–H and O–H groups in total. The Bertz CT molecular complexity index is 717. The molecule has 322 valence electrons. The van der Waals surface area contributed by atoms with Crippen LogP contribution in [0.15, 0.2) is 12.4 Å². The van der Waals surface area contributed by atoms with Crippen LogP contribution in [0.5, 0.6) is 0 Å². The van der Waals surface area contributed by atoms with Crippen LogP contribution in [-0.2, 0) is 0 Å². The van der Waals surface area contributed by atoms with Gasteiger partial charge in [-0.1, -0.05) is 278 Å². The second-order valence-electron chi connectivity index (χ2n) is 18.2. The number of hydrogen-bond acceptors (Lipinski definition) is 2. The van der Waals surface area contributed by atoms with Crippen LogP contribution in [0.4, 0.5) is 0 Å². The molecule has 0 amide bonds. The lowest BCUT2D eigenvalue weighted by atomic mass is 10.0. The van der Waals surface area contributed by atoms with E-state index in [0.717, 1.165) is 0 Å². The van der Waals surface area contributed by atoms with Gasteiger partial charge in [-0.2, -0.15) is 0 Å². The first kappa shape index (κ1) is 51.4.